The van der Waals surface area contributed by atoms with Gasteiger partial charge in [0.25, 0.3) is 0 Å². The van der Waals surface area contributed by atoms with E-state index in [-0.39, 0.29) is 18.3 Å². The minimum atomic E-state index is -0.461. The normalized spacial score (nSPS) is 23.8. The Morgan fingerprint density at radius 1 is 1.83 bits per heavy atom. The molecule has 0 spiro atoms. The van der Waals surface area contributed by atoms with Gasteiger partial charge in [0.05, 0.1) is 13.0 Å². The molecule has 0 aromatic carbocycles. The Labute approximate surface area is 70.6 Å². The molecule has 1 heterocycles. The summed E-state index contributed by atoms with van der Waals surface area (Å²) in [5.74, 6) is -0.492. The average molecular weight is 172 g/mol. The van der Waals surface area contributed by atoms with E-state index in [4.69, 9.17) is 4.74 Å². The zero-order valence-electron chi connectivity index (χ0n) is 7.16. The Kier molecular flexibility index (Phi) is 2.65. The van der Waals surface area contributed by atoms with Gasteiger partial charge in [-0.15, -0.1) is 0 Å². The number of carbonyl (C=O) groups is 2. The first-order valence-corrected chi connectivity index (χ1v) is 3.84. The number of nitrogens with zero attached hydrogens (tertiary/aromatic N) is 1. The van der Waals surface area contributed by atoms with Crippen LogP contribution in [0.5, 0.6) is 0 Å². The molecule has 1 saturated heterocycles. The molecule has 0 radical (unpaired) electrons. The van der Waals surface area contributed by atoms with Crippen LogP contribution in [-0.2, 0) is 14.3 Å². The SMILES string of the molecule is CCOC(=O)C1CC(=O)NN1C. The Hall–Kier alpha value is -1.10. The van der Waals surface area contributed by atoms with Gasteiger partial charge in [0.15, 0.2) is 0 Å². The number of likely N-dealkylation sites (N-methyl/N-ethyl adjacent to an activating group) is 1. The summed E-state index contributed by atoms with van der Waals surface area (Å²) < 4.78 is 4.77. The summed E-state index contributed by atoms with van der Waals surface area (Å²) in [7, 11) is 1.65. The Morgan fingerprint density at radius 2 is 2.50 bits per heavy atom. The van der Waals surface area contributed by atoms with E-state index < -0.39 is 6.04 Å². The van der Waals surface area contributed by atoms with E-state index in [2.05, 4.69) is 5.43 Å². The number of hydrogen-bond acceptors (Lipinski definition) is 4. The molecule has 5 nitrogen and oxygen atoms in total. The zero-order valence-corrected chi connectivity index (χ0v) is 7.16. The van der Waals surface area contributed by atoms with Gasteiger partial charge >= 0.3 is 5.97 Å². The number of ether oxygens (including phenoxy) is 1. The lowest BCUT2D eigenvalue weighted by Crippen LogP contribution is -2.39. The van der Waals surface area contributed by atoms with Gasteiger partial charge in [0, 0.05) is 7.05 Å². The van der Waals surface area contributed by atoms with Gasteiger partial charge in [-0.2, -0.15) is 0 Å². The van der Waals surface area contributed by atoms with Crippen LogP contribution in [0.1, 0.15) is 13.3 Å². The molecule has 0 aliphatic carbocycles. The second-order valence-electron chi connectivity index (χ2n) is 2.62. The number of nitrogens with one attached hydrogen (secondary N) is 1. The van der Waals surface area contributed by atoms with E-state index in [0.29, 0.717) is 6.61 Å². The van der Waals surface area contributed by atoms with Crippen molar-refractivity contribution >= 4 is 11.9 Å². The molecule has 1 fully saturated rings. The first kappa shape index (κ1) is 8.99. The number of amides is 1. The molecule has 68 valence electrons. The van der Waals surface area contributed by atoms with Gasteiger partial charge in [-0.1, -0.05) is 0 Å². The minimum absolute atomic E-state index is 0.143. The van der Waals surface area contributed by atoms with Crippen LogP contribution >= 0.6 is 0 Å². The van der Waals surface area contributed by atoms with E-state index >= 15 is 0 Å². The summed E-state index contributed by atoms with van der Waals surface area (Å²) in [5.41, 5.74) is 2.50. The van der Waals surface area contributed by atoms with E-state index in [1.807, 2.05) is 0 Å². The van der Waals surface area contributed by atoms with Crippen LogP contribution in [0.15, 0.2) is 0 Å². The number of carbonyl (C=O) groups excluding carboxylic acids is 2. The summed E-state index contributed by atoms with van der Waals surface area (Å²) in [6, 6.07) is -0.461. The lowest BCUT2D eigenvalue weighted by molar-refractivity contribution is -0.148. The zero-order chi connectivity index (χ0) is 9.14. The fraction of sp³-hybridized carbons (Fsp3) is 0.714. The molecule has 1 unspecified atom stereocenters. The van der Waals surface area contributed by atoms with E-state index in [9.17, 15) is 9.59 Å². The van der Waals surface area contributed by atoms with Crippen LogP contribution in [0.25, 0.3) is 0 Å². The summed E-state index contributed by atoms with van der Waals surface area (Å²) in [4.78, 5) is 22.0. The van der Waals surface area contributed by atoms with Gasteiger partial charge < -0.3 is 4.74 Å². The summed E-state index contributed by atoms with van der Waals surface area (Å²) in [5, 5.41) is 1.47. The van der Waals surface area contributed by atoms with Crippen molar-refractivity contribution in [2.45, 2.75) is 19.4 Å². The highest BCUT2D eigenvalue weighted by Gasteiger charge is 2.33. The van der Waals surface area contributed by atoms with E-state index in [0.717, 1.165) is 0 Å². The van der Waals surface area contributed by atoms with Crippen LogP contribution in [0.4, 0.5) is 0 Å². The monoisotopic (exact) mass is 172 g/mol. The molecule has 0 saturated carbocycles. The van der Waals surface area contributed by atoms with Gasteiger partial charge in [0.1, 0.15) is 6.04 Å². The maximum atomic E-state index is 11.1. The van der Waals surface area contributed by atoms with Crippen LogP contribution < -0.4 is 5.43 Å². The van der Waals surface area contributed by atoms with Crippen LogP contribution in [0, 0.1) is 0 Å². The minimum Gasteiger partial charge on any atom is -0.465 e. The van der Waals surface area contributed by atoms with Crippen molar-refractivity contribution in [2.75, 3.05) is 13.7 Å². The highest BCUT2D eigenvalue weighted by molar-refractivity contribution is 5.87. The maximum Gasteiger partial charge on any atom is 0.325 e. The summed E-state index contributed by atoms with van der Waals surface area (Å²) >= 11 is 0. The molecular formula is C7H12N2O3. The molecule has 0 aromatic rings. The van der Waals surface area contributed by atoms with Gasteiger partial charge in [0.2, 0.25) is 5.91 Å². The quantitative estimate of drug-likeness (QED) is 0.559. The third kappa shape index (κ3) is 1.73. The fourth-order valence-corrected chi connectivity index (χ4v) is 1.11. The third-order valence-electron chi connectivity index (χ3n) is 1.71. The van der Waals surface area contributed by atoms with Crippen LogP contribution in [0.3, 0.4) is 0 Å². The molecule has 0 aromatic heterocycles. The maximum absolute atomic E-state index is 11.1. The molecule has 1 atom stereocenters. The van der Waals surface area contributed by atoms with Crippen LogP contribution in [0.2, 0.25) is 0 Å². The van der Waals surface area contributed by atoms with Crippen molar-refractivity contribution in [2.24, 2.45) is 0 Å². The molecular weight excluding hydrogens is 160 g/mol. The lowest BCUT2D eigenvalue weighted by Gasteiger charge is -2.15. The predicted octanol–water partition coefficient (Wildman–Crippen LogP) is -0.715. The number of esters is 1. The third-order valence-corrected chi connectivity index (χ3v) is 1.71. The van der Waals surface area contributed by atoms with Crippen molar-refractivity contribution in [3.8, 4) is 0 Å². The Morgan fingerprint density at radius 3 is 2.92 bits per heavy atom. The van der Waals surface area contributed by atoms with Crippen molar-refractivity contribution < 1.29 is 14.3 Å². The second-order valence-corrected chi connectivity index (χ2v) is 2.62. The first-order valence-electron chi connectivity index (χ1n) is 3.84. The molecule has 1 aliphatic heterocycles. The van der Waals surface area contributed by atoms with Gasteiger partial charge in [-0.05, 0) is 6.92 Å². The molecule has 0 bridgehead atoms. The highest BCUT2D eigenvalue weighted by atomic mass is 16.5. The predicted molar refractivity (Wildman–Crippen MR) is 40.9 cm³/mol. The van der Waals surface area contributed by atoms with Gasteiger partial charge in [-0.25, -0.2) is 5.01 Å². The average Bonchev–Trinajstić information content (AvgIpc) is 2.30. The molecule has 1 aliphatic rings. The standard InChI is InChI=1S/C7H12N2O3/c1-3-12-7(11)5-4-6(10)8-9(5)2/h5H,3-4H2,1-2H3,(H,8,10). The summed E-state index contributed by atoms with van der Waals surface area (Å²) in [6.45, 7) is 2.08. The molecule has 1 rings (SSSR count). The second kappa shape index (κ2) is 3.53. The smallest absolute Gasteiger partial charge is 0.325 e. The molecule has 1 amide bonds. The van der Waals surface area contributed by atoms with Crippen LogP contribution in [-0.4, -0.2) is 36.6 Å². The molecule has 1 N–H and O–H groups in total. The van der Waals surface area contributed by atoms with E-state index in [1.54, 1.807) is 14.0 Å². The summed E-state index contributed by atoms with van der Waals surface area (Å²) in [6.07, 6.45) is 0.190. The molecule has 12 heavy (non-hydrogen) atoms. The molecule has 5 heteroatoms. The number of hydrazine groups is 1. The Balaban J connectivity index is 2.52. The van der Waals surface area contributed by atoms with E-state index in [1.165, 1.54) is 5.01 Å². The topological polar surface area (TPSA) is 58.6 Å². The lowest BCUT2D eigenvalue weighted by atomic mass is 10.2. The number of hydrogen-bond donors (Lipinski definition) is 1. The Bertz CT molecular complexity index is 205. The van der Waals surface area contributed by atoms with Crippen molar-refractivity contribution in [3.63, 3.8) is 0 Å². The first-order chi connectivity index (χ1) is 5.65. The van der Waals surface area contributed by atoms with Crippen molar-refractivity contribution in [3.05, 3.63) is 0 Å². The van der Waals surface area contributed by atoms with Gasteiger partial charge in [-0.3, -0.25) is 15.0 Å². The van der Waals surface area contributed by atoms with Crippen molar-refractivity contribution in [1.82, 2.24) is 10.4 Å². The fourth-order valence-electron chi connectivity index (χ4n) is 1.11. The largest absolute Gasteiger partial charge is 0.465 e. The highest BCUT2D eigenvalue weighted by Crippen LogP contribution is 2.08. The number of rotatable bonds is 2. The van der Waals surface area contributed by atoms with Crippen molar-refractivity contribution in [1.29, 1.82) is 0 Å².